The van der Waals surface area contributed by atoms with Gasteiger partial charge < -0.3 is 14.6 Å². The molecule has 0 saturated carbocycles. The number of esters is 1. The summed E-state index contributed by atoms with van der Waals surface area (Å²) in [5.74, 6) is -0.598. The van der Waals surface area contributed by atoms with Gasteiger partial charge in [-0.05, 0) is 6.92 Å². The molecular formula is C6H10O4. The molecule has 0 aliphatic carbocycles. The van der Waals surface area contributed by atoms with Gasteiger partial charge >= 0.3 is 5.97 Å². The molecule has 0 aromatic carbocycles. The summed E-state index contributed by atoms with van der Waals surface area (Å²) >= 11 is 0. The van der Waals surface area contributed by atoms with Crippen LogP contribution in [0.15, 0.2) is 0 Å². The van der Waals surface area contributed by atoms with Crippen molar-refractivity contribution in [3.63, 3.8) is 0 Å². The van der Waals surface area contributed by atoms with Gasteiger partial charge in [0.25, 0.3) is 0 Å². The molecular weight excluding hydrogens is 136 g/mol. The zero-order valence-corrected chi connectivity index (χ0v) is 5.90. The molecule has 4 heteroatoms. The summed E-state index contributed by atoms with van der Waals surface area (Å²) in [6.07, 6.45) is -1.96. The van der Waals surface area contributed by atoms with Crippen molar-refractivity contribution in [1.82, 2.24) is 0 Å². The first-order chi connectivity index (χ1) is 4.66. The van der Waals surface area contributed by atoms with E-state index >= 15 is 0 Å². The fraction of sp³-hybridized carbons (Fsp3) is 0.833. The Morgan fingerprint density at radius 3 is 2.50 bits per heavy atom. The van der Waals surface area contributed by atoms with Crippen LogP contribution in [0.2, 0.25) is 0 Å². The third kappa shape index (κ3) is 0.998. The third-order valence-corrected chi connectivity index (χ3v) is 1.59. The Morgan fingerprint density at radius 2 is 2.30 bits per heavy atom. The van der Waals surface area contributed by atoms with Crippen molar-refractivity contribution in [2.75, 3.05) is 7.11 Å². The van der Waals surface area contributed by atoms with Gasteiger partial charge in [-0.15, -0.1) is 0 Å². The van der Waals surface area contributed by atoms with Crippen LogP contribution in [0.4, 0.5) is 0 Å². The molecule has 1 heterocycles. The van der Waals surface area contributed by atoms with Crippen molar-refractivity contribution < 1.29 is 19.4 Å². The van der Waals surface area contributed by atoms with Gasteiger partial charge in [0, 0.05) is 7.11 Å². The molecule has 1 rings (SSSR count). The first-order valence-electron chi connectivity index (χ1n) is 3.08. The largest absolute Gasteiger partial charge is 0.458 e. The predicted octanol–water partition coefficient (Wildman–Crippen LogP) is -0.692. The second-order valence-electron chi connectivity index (χ2n) is 2.29. The lowest BCUT2D eigenvalue weighted by molar-refractivity contribution is -0.146. The van der Waals surface area contributed by atoms with Gasteiger partial charge in [-0.25, -0.2) is 4.79 Å². The Hall–Kier alpha value is -0.610. The monoisotopic (exact) mass is 146 g/mol. The maximum Gasteiger partial charge on any atom is 0.338 e. The first-order valence-corrected chi connectivity index (χ1v) is 3.08. The van der Waals surface area contributed by atoms with Crippen LogP contribution in [-0.2, 0) is 14.3 Å². The molecule has 3 atom stereocenters. The van der Waals surface area contributed by atoms with E-state index in [1.165, 1.54) is 7.11 Å². The molecule has 0 spiro atoms. The van der Waals surface area contributed by atoms with Gasteiger partial charge in [-0.2, -0.15) is 0 Å². The number of cyclic esters (lactones) is 1. The van der Waals surface area contributed by atoms with Gasteiger partial charge in [0.2, 0.25) is 0 Å². The molecule has 0 aromatic heterocycles. The van der Waals surface area contributed by atoms with Crippen LogP contribution in [-0.4, -0.2) is 36.5 Å². The highest BCUT2D eigenvalue weighted by molar-refractivity contribution is 5.77. The first kappa shape index (κ1) is 7.50. The van der Waals surface area contributed by atoms with Gasteiger partial charge in [0.1, 0.15) is 12.2 Å². The average molecular weight is 146 g/mol. The van der Waals surface area contributed by atoms with Gasteiger partial charge in [0.15, 0.2) is 6.10 Å². The Bertz CT molecular complexity index is 145. The Kier molecular flexibility index (Phi) is 1.92. The fourth-order valence-electron chi connectivity index (χ4n) is 1.03. The van der Waals surface area contributed by atoms with Crippen LogP contribution in [0.25, 0.3) is 0 Å². The summed E-state index contributed by atoms with van der Waals surface area (Å²) in [6.45, 7) is 1.68. The summed E-state index contributed by atoms with van der Waals surface area (Å²) in [5, 5.41) is 9.03. The maximum atomic E-state index is 10.6. The standard InChI is InChI=1S/C6H10O4/c1-3-5(9-2)4(7)6(8)10-3/h3-5,7H,1-2H3/t3-,4+,5-/m0/s1. The molecule has 0 radical (unpaired) electrons. The molecule has 0 bridgehead atoms. The molecule has 1 fully saturated rings. The van der Waals surface area contributed by atoms with Crippen LogP contribution in [0.5, 0.6) is 0 Å². The summed E-state index contributed by atoms with van der Waals surface area (Å²) in [6, 6.07) is 0. The highest BCUT2D eigenvalue weighted by atomic mass is 16.6. The SMILES string of the molecule is CO[C@H]1[C@H](C)OC(=O)[C@@H]1O. The number of carbonyl (C=O) groups excluding carboxylic acids is 1. The number of methoxy groups -OCH3 is 1. The van der Waals surface area contributed by atoms with Crippen LogP contribution in [0.1, 0.15) is 6.92 Å². The number of rotatable bonds is 1. The third-order valence-electron chi connectivity index (χ3n) is 1.59. The van der Waals surface area contributed by atoms with Crippen molar-refractivity contribution in [2.24, 2.45) is 0 Å². The quantitative estimate of drug-likeness (QED) is 0.497. The lowest BCUT2D eigenvalue weighted by Crippen LogP contribution is -2.31. The summed E-state index contributed by atoms with van der Waals surface area (Å²) in [7, 11) is 1.44. The minimum atomic E-state index is -1.11. The number of aliphatic hydroxyl groups excluding tert-OH is 1. The minimum absolute atomic E-state index is 0.340. The molecule has 58 valence electrons. The molecule has 0 aromatic rings. The van der Waals surface area contributed by atoms with Crippen molar-refractivity contribution in [3.05, 3.63) is 0 Å². The zero-order valence-electron chi connectivity index (χ0n) is 5.90. The van der Waals surface area contributed by atoms with E-state index in [9.17, 15) is 4.79 Å². The molecule has 1 aliphatic heterocycles. The number of hydrogen-bond acceptors (Lipinski definition) is 4. The van der Waals surface area contributed by atoms with Crippen molar-refractivity contribution in [2.45, 2.75) is 25.2 Å². The van der Waals surface area contributed by atoms with Crippen LogP contribution in [0.3, 0.4) is 0 Å². The van der Waals surface area contributed by atoms with E-state index < -0.39 is 18.2 Å². The normalized spacial score (nSPS) is 39.9. The molecule has 1 saturated heterocycles. The smallest absolute Gasteiger partial charge is 0.338 e. The number of ether oxygens (including phenoxy) is 2. The highest BCUT2D eigenvalue weighted by Crippen LogP contribution is 2.17. The fourth-order valence-corrected chi connectivity index (χ4v) is 1.03. The van der Waals surface area contributed by atoms with Crippen LogP contribution < -0.4 is 0 Å². The molecule has 0 unspecified atom stereocenters. The van der Waals surface area contributed by atoms with E-state index in [2.05, 4.69) is 4.74 Å². The molecule has 0 amide bonds. The molecule has 1 aliphatic rings. The summed E-state index contributed by atoms with van der Waals surface area (Å²) in [4.78, 5) is 10.6. The predicted molar refractivity (Wildman–Crippen MR) is 32.4 cm³/mol. The summed E-state index contributed by atoms with van der Waals surface area (Å²) < 4.78 is 9.47. The second-order valence-corrected chi connectivity index (χ2v) is 2.29. The minimum Gasteiger partial charge on any atom is -0.458 e. The van der Waals surface area contributed by atoms with Gasteiger partial charge in [0.05, 0.1) is 0 Å². The topological polar surface area (TPSA) is 55.8 Å². The van der Waals surface area contributed by atoms with E-state index in [1.807, 2.05) is 0 Å². The van der Waals surface area contributed by atoms with Crippen molar-refractivity contribution in [1.29, 1.82) is 0 Å². The maximum absolute atomic E-state index is 10.6. The Morgan fingerprint density at radius 1 is 1.70 bits per heavy atom. The van der Waals surface area contributed by atoms with E-state index in [4.69, 9.17) is 9.84 Å². The summed E-state index contributed by atoms with van der Waals surface area (Å²) in [5.41, 5.74) is 0. The van der Waals surface area contributed by atoms with Crippen LogP contribution >= 0.6 is 0 Å². The van der Waals surface area contributed by atoms with Gasteiger partial charge in [-0.1, -0.05) is 0 Å². The zero-order chi connectivity index (χ0) is 7.72. The lowest BCUT2D eigenvalue weighted by Gasteiger charge is -2.11. The van der Waals surface area contributed by atoms with Gasteiger partial charge in [-0.3, -0.25) is 0 Å². The van der Waals surface area contributed by atoms with E-state index in [0.29, 0.717) is 0 Å². The highest BCUT2D eigenvalue weighted by Gasteiger charge is 2.41. The lowest BCUT2D eigenvalue weighted by atomic mass is 10.2. The number of hydrogen-bond donors (Lipinski definition) is 1. The Labute approximate surface area is 58.7 Å². The number of aliphatic hydroxyl groups is 1. The molecule has 1 N–H and O–H groups in total. The van der Waals surface area contributed by atoms with Crippen LogP contribution in [0, 0.1) is 0 Å². The molecule has 10 heavy (non-hydrogen) atoms. The van der Waals surface area contributed by atoms with Crippen molar-refractivity contribution >= 4 is 5.97 Å². The van der Waals surface area contributed by atoms with E-state index in [-0.39, 0.29) is 6.10 Å². The molecule has 4 nitrogen and oxygen atoms in total. The number of carbonyl (C=O) groups is 1. The van der Waals surface area contributed by atoms with E-state index in [0.717, 1.165) is 0 Å². The second kappa shape index (κ2) is 2.56. The van der Waals surface area contributed by atoms with Crippen molar-refractivity contribution in [3.8, 4) is 0 Å². The van der Waals surface area contributed by atoms with E-state index in [1.54, 1.807) is 6.92 Å². The average Bonchev–Trinajstić information content (AvgIpc) is 2.09. The Balaban J connectivity index is 2.64.